The molecule has 0 spiro atoms. The summed E-state index contributed by atoms with van der Waals surface area (Å²) in [5, 5.41) is 12.0. The summed E-state index contributed by atoms with van der Waals surface area (Å²) in [6, 6.07) is 4.35. The Morgan fingerprint density at radius 2 is 2.09 bits per heavy atom. The second kappa shape index (κ2) is 9.50. The van der Waals surface area contributed by atoms with E-state index in [2.05, 4.69) is 5.32 Å². The molecule has 0 saturated heterocycles. The maximum atomic E-state index is 12.5. The largest absolute Gasteiger partial charge is 0.491 e. The van der Waals surface area contributed by atoms with Crippen LogP contribution in [0.15, 0.2) is 24.3 Å². The average molecular weight is 343 g/mol. The molecule has 0 aliphatic carbocycles. The Labute approximate surface area is 132 Å². The second-order valence-corrected chi connectivity index (χ2v) is 4.33. The molecule has 0 heterocycles. The first-order valence-corrected chi connectivity index (χ1v) is 6.28. The Bertz CT molecular complexity index is 472. The van der Waals surface area contributed by atoms with Gasteiger partial charge in [-0.3, -0.25) is 4.79 Å². The molecule has 0 saturated carbocycles. The van der Waals surface area contributed by atoms with Crippen molar-refractivity contribution in [2.45, 2.75) is 18.7 Å². The Kier molecular flexibility index (Phi) is 8.84. The number of rotatable bonds is 7. The standard InChI is InChI=1S/C13H17F3N2O3.ClH/c14-13(15,16)9-2-1-3-11(6-9)21-8-10(19)7-18-12(20)4-5-17;/h1-3,6,10,19H,4-5,7-8,17H2,(H,18,20);1H. The minimum atomic E-state index is -4.45. The first-order chi connectivity index (χ1) is 9.82. The molecule has 0 aliphatic rings. The normalized spacial score (nSPS) is 12.2. The second-order valence-electron chi connectivity index (χ2n) is 4.33. The van der Waals surface area contributed by atoms with Crippen LogP contribution in [-0.2, 0) is 11.0 Å². The van der Waals surface area contributed by atoms with E-state index in [1.54, 1.807) is 0 Å². The summed E-state index contributed by atoms with van der Waals surface area (Å²) in [6.07, 6.45) is -5.34. The van der Waals surface area contributed by atoms with Gasteiger partial charge in [-0.2, -0.15) is 13.2 Å². The van der Waals surface area contributed by atoms with Crippen LogP contribution in [0.3, 0.4) is 0 Å². The van der Waals surface area contributed by atoms with Gasteiger partial charge in [0.05, 0.1) is 5.56 Å². The fraction of sp³-hybridized carbons (Fsp3) is 0.462. The molecule has 0 radical (unpaired) electrons. The Morgan fingerprint density at radius 1 is 1.41 bits per heavy atom. The smallest absolute Gasteiger partial charge is 0.416 e. The van der Waals surface area contributed by atoms with E-state index in [0.29, 0.717) is 0 Å². The molecule has 4 N–H and O–H groups in total. The lowest BCUT2D eigenvalue weighted by atomic mass is 10.2. The highest BCUT2D eigenvalue weighted by atomic mass is 35.5. The third-order valence-corrected chi connectivity index (χ3v) is 2.51. The fourth-order valence-electron chi connectivity index (χ4n) is 1.46. The molecule has 1 aromatic rings. The van der Waals surface area contributed by atoms with Crippen molar-refractivity contribution < 1.29 is 27.8 Å². The Balaban J connectivity index is 0.00000441. The Hall–Kier alpha value is -1.51. The molecular weight excluding hydrogens is 325 g/mol. The minimum Gasteiger partial charge on any atom is -0.491 e. The number of benzene rings is 1. The number of ether oxygens (including phenoxy) is 1. The first kappa shape index (κ1) is 20.5. The summed E-state index contributed by atoms with van der Waals surface area (Å²) in [6.45, 7) is -0.0926. The molecule has 1 atom stereocenters. The lowest BCUT2D eigenvalue weighted by molar-refractivity contribution is -0.137. The summed E-state index contributed by atoms with van der Waals surface area (Å²) in [5.41, 5.74) is 4.35. The van der Waals surface area contributed by atoms with E-state index in [1.807, 2.05) is 0 Å². The summed E-state index contributed by atoms with van der Waals surface area (Å²) >= 11 is 0. The van der Waals surface area contributed by atoms with Crippen molar-refractivity contribution >= 4 is 18.3 Å². The third kappa shape index (κ3) is 7.48. The number of nitrogens with one attached hydrogen (secondary N) is 1. The predicted molar refractivity (Wildman–Crippen MR) is 76.9 cm³/mol. The van der Waals surface area contributed by atoms with Gasteiger partial charge in [0.25, 0.3) is 0 Å². The van der Waals surface area contributed by atoms with Crippen LogP contribution < -0.4 is 15.8 Å². The maximum Gasteiger partial charge on any atom is 0.416 e. The van der Waals surface area contributed by atoms with Crippen molar-refractivity contribution in [3.63, 3.8) is 0 Å². The molecule has 9 heteroatoms. The van der Waals surface area contributed by atoms with Crippen LogP contribution in [-0.4, -0.2) is 36.8 Å². The minimum absolute atomic E-state index is 0. The molecule has 0 fully saturated rings. The number of carbonyl (C=O) groups is 1. The van der Waals surface area contributed by atoms with Gasteiger partial charge in [0.15, 0.2) is 0 Å². The van der Waals surface area contributed by atoms with Crippen molar-refractivity contribution in [2.75, 3.05) is 19.7 Å². The Morgan fingerprint density at radius 3 is 2.68 bits per heavy atom. The van der Waals surface area contributed by atoms with Crippen LogP contribution in [0.4, 0.5) is 13.2 Å². The van der Waals surface area contributed by atoms with E-state index in [0.717, 1.165) is 12.1 Å². The van der Waals surface area contributed by atoms with Crippen LogP contribution in [0.1, 0.15) is 12.0 Å². The summed E-state index contributed by atoms with van der Waals surface area (Å²) in [4.78, 5) is 11.1. The van der Waals surface area contributed by atoms with E-state index in [9.17, 15) is 23.1 Å². The van der Waals surface area contributed by atoms with E-state index in [-0.39, 0.29) is 50.2 Å². The van der Waals surface area contributed by atoms with Gasteiger partial charge in [-0.05, 0) is 18.2 Å². The lowest BCUT2D eigenvalue weighted by Crippen LogP contribution is -2.36. The van der Waals surface area contributed by atoms with Crippen molar-refractivity contribution in [3.05, 3.63) is 29.8 Å². The zero-order chi connectivity index (χ0) is 15.9. The van der Waals surface area contributed by atoms with Crippen LogP contribution in [0.2, 0.25) is 0 Å². The third-order valence-electron chi connectivity index (χ3n) is 2.51. The molecule has 22 heavy (non-hydrogen) atoms. The summed E-state index contributed by atoms with van der Waals surface area (Å²) in [5.74, 6) is -0.312. The number of amides is 1. The van der Waals surface area contributed by atoms with Crippen molar-refractivity contribution in [3.8, 4) is 5.75 Å². The highest BCUT2D eigenvalue weighted by Crippen LogP contribution is 2.31. The van der Waals surface area contributed by atoms with E-state index in [1.165, 1.54) is 12.1 Å². The molecule has 0 aromatic heterocycles. The fourth-order valence-corrected chi connectivity index (χ4v) is 1.46. The van der Waals surface area contributed by atoms with Crippen LogP contribution in [0.5, 0.6) is 5.75 Å². The number of aliphatic hydroxyl groups is 1. The lowest BCUT2D eigenvalue weighted by Gasteiger charge is -2.14. The first-order valence-electron chi connectivity index (χ1n) is 6.28. The average Bonchev–Trinajstić information content (AvgIpc) is 2.42. The zero-order valence-electron chi connectivity index (χ0n) is 11.6. The molecular formula is C13H18ClF3N2O3. The van der Waals surface area contributed by atoms with Crippen LogP contribution >= 0.6 is 12.4 Å². The van der Waals surface area contributed by atoms with E-state index in [4.69, 9.17) is 10.5 Å². The van der Waals surface area contributed by atoms with E-state index >= 15 is 0 Å². The number of hydrogen-bond donors (Lipinski definition) is 3. The van der Waals surface area contributed by atoms with Crippen molar-refractivity contribution in [1.29, 1.82) is 0 Å². The van der Waals surface area contributed by atoms with Gasteiger partial charge in [-0.15, -0.1) is 12.4 Å². The van der Waals surface area contributed by atoms with Gasteiger partial charge in [-0.1, -0.05) is 6.07 Å². The van der Waals surface area contributed by atoms with Crippen molar-refractivity contribution in [1.82, 2.24) is 5.32 Å². The molecule has 1 amide bonds. The number of carbonyl (C=O) groups excluding carboxylic acids is 1. The van der Waals surface area contributed by atoms with Crippen LogP contribution in [0.25, 0.3) is 0 Å². The maximum absolute atomic E-state index is 12.5. The highest BCUT2D eigenvalue weighted by Gasteiger charge is 2.30. The summed E-state index contributed by atoms with van der Waals surface area (Å²) < 4.78 is 42.5. The van der Waals surface area contributed by atoms with Crippen molar-refractivity contribution in [2.24, 2.45) is 5.73 Å². The van der Waals surface area contributed by atoms with Gasteiger partial charge in [0, 0.05) is 19.5 Å². The SMILES string of the molecule is Cl.NCCC(=O)NCC(O)COc1cccc(C(F)(F)F)c1. The topological polar surface area (TPSA) is 84.6 Å². The predicted octanol–water partition coefficient (Wildman–Crippen LogP) is 1.33. The highest BCUT2D eigenvalue weighted by molar-refractivity contribution is 5.85. The van der Waals surface area contributed by atoms with Gasteiger partial charge in [0.1, 0.15) is 18.5 Å². The number of hydrogen-bond acceptors (Lipinski definition) is 4. The van der Waals surface area contributed by atoms with Gasteiger partial charge >= 0.3 is 6.18 Å². The molecule has 126 valence electrons. The zero-order valence-corrected chi connectivity index (χ0v) is 12.4. The monoisotopic (exact) mass is 342 g/mol. The number of alkyl halides is 3. The van der Waals surface area contributed by atoms with Crippen LogP contribution in [0, 0.1) is 0 Å². The van der Waals surface area contributed by atoms with E-state index < -0.39 is 17.8 Å². The number of aliphatic hydroxyl groups excluding tert-OH is 1. The molecule has 5 nitrogen and oxygen atoms in total. The van der Waals surface area contributed by atoms with Gasteiger partial charge in [0.2, 0.25) is 5.91 Å². The molecule has 0 aliphatic heterocycles. The number of halogens is 4. The van der Waals surface area contributed by atoms with Gasteiger partial charge in [-0.25, -0.2) is 0 Å². The number of nitrogens with two attached hydrogens (primary N) is 1. The molecule has 1 aromatic carbocycles. The molecule has 1 rings (SSSR count). The summed E-state index contributed by atoms with van der Waals surface area (Å²) in [7, 11) is 0. The van der Waals surface area contributed by atoms with Gasteiger partial charge < -0.3 is 20.9 Å². The molecule has 0 bridgehead atoms. The quantitative estimate of drug-likeness (QED) is 0.698. The molecule has 1 unspecified atom stereocenters.